The first-order chi connectivity index (χ1) is 9.16. The monoisotopic (exact) mass is 261 g/mol. The minimum atomic E-state index is 0.777. The molecule has 0 unspecified atom stereocenters. The Kier molecular flexibility index (Phi) is 2.98. The number of aryl methyl sites for hydroxylation is 2. The molecule has 3 heterocycles. The number of anilines is 1. The molecule has 1 aliphatic rings. The van der Waals surface area contributed by atoms with E-state index >= 15 is 0 Å². The van der Waals surface area contributed by atoms with E-state index in [1.807, 2.05) is 25.6 Å². The van der Waals surface area contributed by atoms with E-state index in [0.29, 0.717) is 0 Å². The highest BCUT2D eigenvalue weighted by molar-refractivity contribution is 5.62. The molecule has 0 spiro atoms. The Morgan fingerprint density at radius 3 is 2.53 bits per heavy atom. The van der Waals surface area contributed by atoms with Gasteiger partial charge in [0.05, 0.1) is 11.3 Å². The number of nitrogens with one attached hydrogen (secondary N) is 2. The van der Waals surface area contributed by atoms with Gasteiger partial charge in [0.25, 0.3) is 0 Å². The van der Waals surface area contributed by atoms with E-state index in [1.165, 1.54) is 0 Å². The zero-order valence-corrected chi connectivity index (χ0v) is 11.6. The number of piperazine rings is 1. The molecule has 1 aliphatic heterocycles. The molecule has 2 N–H and O–H groups in total. The SMILES string of the molecule is Cc1nn(C)c(C)c1-c1nc(N2CCNCC2)n[nH]1. The Hall–Kier alpha value is -1.89. The van der Waals surface area contributed by atoms with E-state index in [4.69, 9.17) is 0 Å². The van der Waals surface area contributed by atoms with Crippen LogP contribution in [-0.4, -0.2) is 51.1 Å². The summed E-state index contributed by atoms with van der Waals surface area (Å²) in [5.74, 6) is 1.58. The van der Waals surface area contributed by atoms with Crippen molar-refractivity contribution in [3.05, 3.63) is 11.4 Å². The lowest BCUT2D eigenvalue weighted by atomic mass is 10.2. The molecule has 0 aliphatic carbocycles. The lowest BCUT2D eigenvalue weighted by Gasteiger charge is -2.25. The summed E-state index contributed by atoms with van der Waals surface area (Å²) in [5, 5.41) is 15.1. The molecule has 3 rings (SSSR count). The minimum absolute atomic E-state index is 0.777. The van der Waals surface area contributed by atoms with Crippen molar-refractivity contribution in [3.8, 4) is 11.4 Å². The maximum absolute atomic E-state index is 4.62. The van der Waals surface area contributed by atoms with Gasteiger partial charge < -0.3 is 10.2 Å². The molecule has 1 saturated heterocycles. The van der Waals surface area contributed by atoms with Crippen LogP contribution in [0.15, 0.2) is 0 Å². The van der Waals surface area contributed by atoms with Crippen LogP contribution in [0, 0.1) is 13.8 Å². The fourth-order valence-corrected chi connectivity index (χ4v) is 2.49. The Morgan fingerprint density at radius 2 is 1.89 bits per heavy atom. The first-order valence-corrected chi connectivity index (χ1v) is 6.55. The zero-order valence-electron chi connectivity index (χ0n) is 11.6. The second kappa shape index (κ2) is 4.65. The lowest BCUT2D eigenvalue weighted by Crippen LogP contribution is -2.44. The Bertz CT molecular complexity index is 577. The van der Waals surface area contributed by atoms with E-state index in [9.17, 15) is 0 Å². The molecular weight excluding hydrogens is 242 g/mol. The highest BCUT2D eigenvalue weighted by Crippen LogP contribution is 2.24. The van der Waals surface area contributed by atoms with Gasteiger partial charge in [-0.25, -0.2) is 0 Å². The lowest BCUT2D eigenvalue weighted by molar-refractivity contribution is 0.580. The van der Waals surface area contributed by atoms with Crippen LogP contribution in [0.1, 0.15) is 11.4 Å². The van der Waals surface area contributed by atoms with Gasteiger partial charge in [0.1, 0.15) is 0 Å². The normalized spacial score (nSPS) is 16.1. The minimum Gasteiger partial charge on any atom is -0.337 e. The summed E-state index contributed by atoms with van der Waals surface area (Å²) in [6, 6.07) is 0. The summed E-state index contributed by atoms with van der Waals surface area (Å²) in [5.41, 5.74) is 3.12. The number of aromatic amines is 1. The number of H-pyrrole nitrogens is 1. The van der Waals surface area contributed by atoms with Crippen molar-refractivity contribution >= 4 is 5.95 Å². The van der Waals surface area contributed by atoms with Crippen LogP contribution in [0.2, 0.25) is 0 Å². The van der Waals surface area contributed by atoms with Crippen LogP contribution in [0.5, 0.6) is 0 Å². The van der Waals surface area contributed by atoms with Crippen LogP contribution >= 0.6 is 0 Å². The van der Waals surface area contributed by atoms with Gasteiger partial charge in [-0.1, -0.05) is 0 Å². The van der Waals surface area contributed by atoms with Crippen LogP contribution < -0.4 is 10.2 Å². The average molecular weight is 261 g/mol. The standard InChI is InChI=1S/C12H19N7/c1-8-10(9(2)18(3)17-8)11-14-12(16-15-11)19-6-4-13-5-7-19/h13H,4-7H2,1-3H3,(H,14,15,16). The highest BCUT2D eigenvalue weighted by Gasteiger charge is 2.19. The summed E-state index contributed by atoms with van der Waals surface area (Å²) in [6.07, 6.45) is 0. The molecule has 0 bridgehead atoms. The fraction of sp³-hybridized carbons (Fsp3) is 0.583. The third kappa shape index (κ3) is 2.10. The molecule has 19 heavy (non-hydrogen) atoms. The molecule has 2 aromatic rings. The molecule has 0 atom stereocenters. The van der Waals surface area contributed by atoms with Crippen molar-refractivity contribution in [2.24, 2.45) is 7.05 Å². The van der Waals surface area contributed by atoms with Crippen molar-refractivity contribution < 1.29 is 0 Å². The Balaban J connectivity index is 1.92. The summed E-state index contributed by atoms with van der Waals surface area (Å²) >= 11 is 0. The summed E-state index contributed by atoms with van der Waals surface area (Å²) in [4.78, 5) is 6.81. The predicted molar refractivity (Wildman–Crippen MR) is 73.1 cm³/mol. The third-order valence-corrected chi connectivity index (χ3v) is 3.62. The second-order valence-electron chi connectivity index (χ2n) is 4.89. The molecule has 102 valence electrons. The van der Waals surface area contributed by atoms with E-state index < -0.39 is 0 Å². The number of nitrogens with zero attached hydrogens (tertiary/aromatic N) is 5. The third-order valence-electron chi connectivity index (χ3n) is 3.62. The molecule has 7 heteroatoms. The van der Waals surface area contributed by atoms with Crippen LogP contribution in [0.25, 0.3) is 11.4 Å². The van der Waals surface area contributed by atoms with Crippen molar-refractivity contribution in [2.45, 2.75) is 13.8 Å². The van der Waals surface area contributed by atoms with E-state index in [1.54, 1.807) is 0 Å². The number of hydrogen-bond donors (Lipinski definition) is 2. The molecule has 7 nitrogen and oxygen atoms in total. The topological polar surface area (TPSA) is 74.7 Å². The van der Waals surface area contributed by atoms with Crippen LogP contribution in [0.4, 0.5) is 5.95 Å². The molecule has 2 aromatic heterocycles. The van der Waals surface area contributed by atoms with Gasteiger partial charge in [0, 0.05) is 38.9 Å². The fourth-order valence-electron chi connectivity index (χ4n) is 2.49. The van der Waals surface area contributed by atoms with Gasteiger partial charge >= 0.3 is 0 Å². The van der Waals surface area contributed by atoms with Gasteiger partial charge in [0.2, 0.25) is 5.95 Å². The average Bonchev–Trinajstić information content (AvgIpc) is 2.97. The zero-order chi connectivity index (χ0) is 13.4. The van der Waals surface area contributed by atoms with Gasteiger partial charge in [-0.2, -0.15) is 10.1 Å². The summed E-state index contributed by atoms with van der Waals surface area (Å²) in [6.45, 7) is 7.89. The maximum Gasteiger partial charge on any atom is 0.245 e. The maximum atomic E-state index is 4.62. The first-order valence-electron chi connectivity index (χ1n) is 6.55. The van der Waals surface area contributed by atoms with Gasteiger partial charge in [-0.15, -0.1) is 5.10 Å². The number of rotatable bonds is 2. The molecule has 0 amide bonds. The van der Waals surface area contributed by atoms with Gasteiger partial charge in [0.15, 0.2) is 5.82 Å². The summed E-state index contributed by atoms with van der Waals surface area (Å²) in [7, 11) is 1.94. The molecule has 0 aromatic carbocycles. The molecule has 1 fully saturated rings. The molecule has 0 radical (unpaired) electrons. The first kappa shape index (κ1) is 12.2. The Labute approximate surface area is 112 Å². The molecular formula is C12H19N7. The quantitative estimate of drug-likeness (QED) is 0.809. The molecule has 0 saturated carbocycles. The van der Waals surface area contributed by atoms with Crippen molar-refractivity contribution in [1.82, 2.24) is 30.3 Å². The largest absolute Gasteiger partial charge is 0.337 e. The second-order valence-corrected chi connectivity index (χ2v) is 4.89. The van der Waals surface area contributed by atoms with Crippen molar-refractivity contribution in [1.29, 1.82) is 0 Å². The number of aromatic nitrogens is 5. The van der Waals surface area contributed by atoms with Gasteiger partial charge in [-0.3, -0.25) is 9.78 Å². The number of hydrogen-bond acceptors (Lipinski definition) is 5. The summed E-state index contributed by atoms with van der Waals surface area (Å²) < 4.78 is 1.87. The van der Waals surface area contributed by atoms with Crippen LogP contribution in [-0.2, 0) is 7.05 Å². The van der Waals surface area contributed by atoms with Crippen molar-refractivity contribution in [3.63, 3.8) is 0 Å². The Morgan fingerprint density at radius 1 is 1.16 bits per heavy atom. The van der Waals surface area contributed by atoms with E-state index in [2.05, 4.69) is 30.5 Å². The van der Waals surface area contributed by atoms with Gasteiger partial charge in [-0.05, 0) is 13.8 Å². The van der Waals surface area contributed by atoms with Crippen LogP contribution in [0.3, 0.4) is 0 Å². The predicted octanol–water partition coefficient (Wildman–Crippen LogP) is 0.232. The highest BCUT2D eigenvalue weighted by atomic mass is 15.4. The smallest absolute Gasteiger partial charge is 0.245 e. The van der Waals surface area contributed by atoms with Crippen molar-refractivity contribution in [2.75, 3.05) is 31.1 Å². The van der Waals surface area contributed by atoms with E-state index in [0.717, 1.165) is 54.9 Å². The van der Waals surface area contributed by atoms with E-state index in [-0.39, 0.29) is 0 Å².